The van der Waals surface area contributed by atoms with Crippen LogP contribution in [-0.2, 0) is 11.2 Å². The SMILES string of the molecule is Cc1cc2c(o1)CC(C)(C)CC2NC(=O)CNC(=O)c1ccc2c(c1)OCO2. The molecular formula is C21H24N2O5. The summed E-state index contributed by atoms with van der Waals surface area (Å²) in [5.41, 5.74) is 1.49. The number of ether oxygens (including phenoxy) is 2. The molecule has 0 radical (unpaired) electrons. The Hall–Kier alpha value is -2.96. The van der Waals surface area contributed by atoms with E-state index in [0.29, 0.717) is 17.1 Å². The van der Waals surface area contributed by atoms with Gasteiger partial charge in [-0.2, -0.15) is 0 Å². The third-order valence-corrected chi connectivity index (χ3v) is 5.12. The third kappa shape index (κ3) is 3.69. The highest BCUT2D eigenvalue weighted by Crippen LogP contribution is 2.42. The Morgan fingerprint density at radius 3 is 2.79 bits per heavy atom. The molecule has 1 aliphatic heterocycles. The average Bonchev–Trinajstić information content (AvgIpc) is 3.23. The minimum absolute atomic E-state index is 0.0327. The fraction of sp³-hybridized carbons (Fsp3) is 0.429. The largest absolute Gasteiger partial charge is 0.466 e. The van der Waals surface area contributed by atoms with E-state index >= 15 is 0 Å². The van der Waals surface area contributed by atoms with E-state index in [4.69, 9.17) is 13.9 Å². The van der Waals surface area contributed by atoms with E-state index in [1.54, 1.807) is 18.2 Å². The standard InChI is InChI=1S/C21H24N2O5/c1-12-6-14-15(8-21(2,3)9-18(14)28-12)23-19(24)10-22-20(25)13-4-5-16-17(7-13)27-11-26-16/h4-7,15H,8-11H2,1-3H3,(H,22,25)(H,23,24). The summed E-state index contributed by atoms with van der Waals surface area (Å²) < 4.78 is 16.3. The second kappa shape index (κ2) is 6.89. The first-order valence-corrected chi connectivity index (χ1v) is 9.37. The van der Waals surface area contributed by atoms with Crippen LogP contribution < -0.4 is 20.1 Å². The maximum atomic E-state index is 12.5. The lowest BCUT2D eigenvalue weighted by Gasteiger charge is -2.34. The van der Waals surface area contributed by atoms with Crippen molar-refractivity contribution in [2.45, 2.75) is 39.7 Å². The number of furan rings is 1. The number of benzene rings is 1. The minimum Gasteiger partial charge on any atom is -0.466 e. The van der Waals surface area contributed by atoms with Gasteiger partial charge >= 0.3 is 0 Å². The molecule has 1 atom stereocenters. The molecular weight excluding hydrogens is 360 g/mol. The third-order valence-electron chi connectivity index (χ3n) is 5.12. The van der Waals surface area contributed by atoms with Crippen molar-refractivity contribution < 1.29 is 23.5 Å². The van der Waals surface area contributed by atoms with Gasteiger partial charge in [0.1, 0.15) is 11.5 Å². The van der Waals surface area contributed by atoms with Crippen molar-refractivity contribution in [3.05, 3.63) is 46.9 Å². The smallest absolute Gasteiger partial charge is 0.251 e. The van der Waals surface area contributed by atoms with Crippen LogP contribution in [0.3, 0.4) is 0 Å². The number of amides is 2. The first-order valence-electron chi connectivity index (χ1n) is 9.37. The summed E-state index contributed by atoms with van der Waals surface area (Å²) >= 11 is 0. The van der Waals surface area contributed by atoms with Gasteiger partial charge < -0.3 is 24.5 Å². The summed E-state index contributed by atoms with van der Waals surface area (Å²) in [5, 5.41) is 5.69. The van der Waals surface area contributed by atoms with E-state index in [9.17, 15) is 9.59 Å². The van der Waals surface area contributed by atoms with Gasteiger partial charge in [0.25, 0.3) is 5.91 Å². The second-order valence-electron chi connectivity index (χ2n) is 8.15. The molecule has 1 aromatic carbocycles. The van der Waals surface area contributed by atoms with Gasteiger partial charge in [-0.05, 0) is 43.0 Å². The predicted octanol–water partition coefficient (Wildman–Crippen LogP) is 2.88. The minimum atomic E-state index is -0.336. The first-order chi connectivity index (χ1) is 13.3. The molecule has 2 amide bonds. The Balaban J connectivity index is 1.37. The Morgan fingerprint density at radius 1 is 1.18 bits per heavy atom. The quantitative estimate of drug-likeness (QED) is 0.846. The molecule has 0 saturated carbocycles. The summed E-state index contributed by atoms with van der Waals surface area (Å²) in [4.78, 5) is 24.8. The van der Waals surface area contributed by atoms with Crippen LogP contribution in [0.2, 0.25) is 0 Å². The second-order valence-corrected chi connectivity index (χ2v) is 8.15. The maximum Gasteiger partial charge on any atom is 0.251 e. The van der Waals surface area contributed by atoms with Gasteiger partial charge in [0, 0.05) is 17.5 Å². The van der Waals surface area contributed by atoms with E-state index in [1.807, 2.05) is 13.0 Å². The number of hydrogen-bond acceptors (Lipinski definition) is 5. The van der Waals surface area contributed by atoms with Gasteiger partial charge in [0.2, 0.25) is 12.7 Å². The summed E-state index contributed by atoms with van der Waals surface area (Å²) in [5.74, 6) is 2.35. The molecule has 1 aliphatic carbocycles. The van der Waals surface area contributed by atoms with Gasteiger partial charge in [0.15, 0.2) is 11.5 Å². The Morgan fingerprint density at radius 2 is 1.96 bits per heavy atom. The van der Waals surface area contributed by atoms with Gasteiger partial charge in [0.05, 0.1) is 12.6 Å². The number of hydrogen-bond donors (Lipinski definition) is 2. The van der Waals surface area contributed by atoms with Gasteiger partial charge in [-0.1, -0.05) is 13.8 Å². The van der Waals surface area contributed by atoms with Crippen LogP contribution in [0.4, 0.5) is 0 Å². The number of rotatable bonds is 4. The molecule has 2 aromatic rings. The van der Waals surface area contributed by atoms with Crippen molar-refractivity contribution in [3.63, 3.8) is 0 Å². The Labute approximate surface area is 163 Å². The van der Waals surface area contributed by atoms with E-state index in [0.717, 1.165) is 29.9 Å². The highest BCUT2D eigenvalue weighted by atomic mass is 16.7. The molecule has 7 heteroatoms. The fourth-order valence-corrected chi connectivity index (χ4v) is 3.86. The zero-order chi connectivity index (χ0) is 19.9. The molecule has 7 nitrogen and oxygen atoms in total. The lowest BCUT2D eigenvalue weighted by atomic mass is 9.74. The van der Waals surface area contributed by atoms with E-state index in [-0.39, 0.29) is 36.6 Å². The predicted molar refractivity (Wildman–Crippen MR) is 101 cm³/mol. The summed E-state index contributed by atoms with van der Waals surface area (Å²) in [6.07, 6.45) is 1.67. The van der Waals surface area contributed by atoms with Crippen molar-refractivity contribution in [1.82, 2.24) is 10.6 Å². The molecule has 0 saturated heterocycles. The molecule has 4 rings (SSSR count). The van der Waals surface area contributed by atoms with E-state index in [1.165, 1.54) is 0 Å². The van der Waals surface area contributed by atoms with Crippen LogP contribution in [0, 0.1) is 12.3 Å². The molecule has 1 aromatic heterocycles. The van der Waals surface area contributed by atoms with Crippen LogP contribution in [-0.4, -0.2) is 25.2 Å². The molecule has 1 unspecified atom stereocenters. The van der Waals surface area contributed by atoms with E-state index in [2.05, 4.69) is 24.5 Å². The number of carbonyl (C=O) groups is 2. The van der Waals surface area contributed by atoms with Crippen LogP contribution >= 0.6 is 0 Å². The Bertz CT molecular complexity index is 931. The highest BCUT2D eigenvalue weighted by Gasteiger charge is 2.35. The van der Waals surface area contributed by atoms with Crippen molar-refractivity contribution >= 4 is 11.8 Å². The average molecular weight is 384 g/mol. The molecule has 0 spiro atoms. The monoisotopic (exact) mass is 384 g/mol. The summed E-state index contributed by atoms with van der Waals surface area (Å²) in [6, 6.07) is 6.81. The molecule has 2 heterocycles. The fourth-order valence-electron chi connectivity index (χ4n) is 3.86. The van der Waals surface area contributed by atoms with E-state index < -0.39 is 0 Å². The number of carbonyl (C=O) groups excluding carboxylic acids is 2. The number of nitrogens with one attached hydrogen (secondary N) is 2. The number of fused-ring (bicyclic) bond motifs is 2. The van der Waals surface area contributed by atoms with Crippen LogP contribution in [0.5, 0.6) is 11.5 Å². The van der Waals surface area contributed by atoms with Crippen LogP contribution in [0.25, 0.3) is 0 Å². The van der Waals surface area contributed by atoms with Crippen LogP contribution in [0.1, 0.15) is 53.8 Å². The van der Waals surface area contributed by atoms with Crippen LogP contribution in [0.15, 0.2) is 28.7 Å². The molecule has 0 bridgehead atoms. The maximum absolute atomic E-state index is 12.5. The van der Waals surface area contributed by atoms with Crippen molar-refractivity contribution in [2.75, 3.05) is 13.3 Å². The topological polar surface area (TPSA) is 89.8 Å². The first kappa shape index (κ1) is 18.4. The zero-order valence-corrected chi connectivity index (χ0v) is 16.3. The Kier molecular flexibility index (Phi) is 4.53. The number of aryl methyl sites for hydroxylation is 1. The van der Waals surface area contributed by atoms with Crippen molar-refractivity contribution in [3.8, 4) is 11.5 Å². The van der Waals surface area contributed by atoms with Gasteiger partial charge in [-0.15, -0.1) is 0 Å². The molecule has 0 fully saturated rings. The van der Waals surface area contributed by atoms with Crippen molar-refractivity contribution in [1.29, 1.82) is 0 Å². The molecule has 2 N–H and O–H groups in total. The van der Waals surface area contributed by atoms with Crippen molar-refractivity contribution in [2.24, 2.45) is 5.41 Å². The lowest BCUT2D eigenvalue weighted by Crippen LogP contribution is -2.41. The lowest BCUT2D eigenvalue weighted by molar-refractivity contribution is -0.121. The highest BCUT2D eigenvalue weighted by molar-refractivity contribution is 5.97. The summed E-state index contributed by atoms with van der Waals surface area (Å²) in [6.45, 7) is 6.28. The normalized spacial score (nSPS) is 19.0. The molecule has 28 heavy (non-hydrogen) atoms. The molecule has 2 aliphatic rings. The van der Waals surface area contributed by atoms with Gasteiger partial charge in [-0.3, -0.25) is 9.59 Å². The summed E-state index contributed by atoms with van der Waals surface area (Å²) in [7, 11) is 0. The molecule has 148 valence electrons. The zero-order valence-electron chi connectivity index (χ0n) is 16.3. The van der Waals surface area contributed by atoms with Gasteiger partial charge in [-0.25, -0.2) is 0 Å².